The van der Waals surface area contributed by atoms with Gasteiger partial charge in [0.2, 0.25) is 0 Å². The van der Waals surface area contributed by atoms with Gasteiger partial charge in [0.25, 0.3) is 0 Å². The highest BCUT2D eigenvalue weighted by Gasteiger charge is 2.18. The first-order valence-corrected chi connectivity index (χ1v) is 7.01. The SMILES string of the molecule is CNC(Cc1c(F)cccc1Cl)c1ncccc1Br. The molecular formula is C14H13BrClFN2. The van der Waals surface area contributed by atoms with Crippen LogP contribution in [0.15, 0.2) is 41.0 Å². The molecule has 2 rings (SSSR count). The number of aromatic nitrogens is 1. The van der Waals surface area contributed by atoms with Crippen molar-refractivity contribution in [3.8, 4) is 0 Å². The minimum atomic E-state index is -0.292. The summed E-state index contributed by atoms with van der Waals surface area (Å²) in [6, 6.07) is 8.37. The van der Waals surface area contributed by atoms with E-state index in [1.165, 1.54) is 6.07 Å². The number of benzene rings is 1. The molecule has 0 amide bonds. The summed E-state index contributed by atoms with van der Waals surface area (Å²) in [5.41, 5.74) is 1.34. The Balaban J connectivity index is 2.32. The summed E-state index contributed by atoms with van der Waals surface area (Å²) in [4.78, 5) is 4.33. The van der Waals surface area contributed by atoms with Crippen LogP contribution in [-0.4, -0.2) is 12.0 Å². The molecule has 0 bridgehead atoms. The van der Waals surface area contributed by atoms with Gasteiger partial charge in [0.05, 0.1) is 11.7 Å². The van der Waals surface area contributed by atoms with Gasteiger partial charge < -0.3 is 5.32 Å². The fourth-order valence-electron chi connectivity index (χ4n) is 1.92. The lowest BCUT2D eigenvalue weighted by molar-refractivity contribution is 0.543. The summed E-state index contributed by atoms with van der Waals surface area (Å²) in [6.07, 6.45) is 2.16. The number of halogens is 3. The van der Waals surface area contributed by atoms with E-state index in [1.807, 2.05) is 19.2 Å². The number of hydrogen-bond acceptors (Lipinski definition) is 2. The molecule has 1 N–H and O–H groups in total. The zero-order chi connectivity index (χ0) is 13.8. The van der Waals surface area contributed by atoms with Crippen molar-refractivity contribution in [1.29, 1.82) is 0 Å². The molecule has 0 saturated heterocycles. The van der Waals surface area contributed by atoms with Crippen LogP contribution in [0.4, 0.5) is 4.39 Å². The number of rotatable bonds is 4. The third kappa shape index (κ3) is 3.32. The Hall–Kier alpha value is -0.970. The monoisotopic (exact) mass is 342 g/mol. The third-order valence-corrected chi connectivity index (χ3v) is 3.96. The van der Waals surface area contributed by atoms with E-state index < -0.39 is 0 Å². The molecule has 1 unspecified atom stereocenters. The fourth-order valence-corrected chi connectivity index (χ4v) is 2.69. The molecule has 5 heteroatoms. The van der Waals surface area contributed by atoms with Crippen molar-refractivity contribution in [2.24, 2.45) is 0 Å². The zero-order valence-electron chi connectivity index (χ0n) is 10.3. The van der Waals surface area contributed by atoms with Crippen LogP contribution in [0.5, 0.6) is 0 Å². The van der Waals surface area contributed by atoms with Crippen LogP contribution in [0, 0.1) is 5.82 Å². The minimum Gasteiger partial charge on any atom is -0.311 e. The molecule has 0 spiro atoms. The van der Waals surface area contributed by atoms with Crippen molar-refractivity contribution in [2.45, 2.75) is 12.5 Å². The summed E-state index contributed by atoms with van der Waals surface area (Å²) >= 11 is 9.52. The van der Waals surface area contributed by atoms with E-state index in [4.69, 9.17) is 11.6 Å². The lowest BCUT2D eigenvalue weighted by Gasteiger charge is -2.18. The first kappa shape index (κ1) is 14.4. The van der Waals surface area contributed by atoms with E-state index in [0.29, 0.717) is 17.0 Å². The van der Waals surface area contributed by atoms with Gasteiger partial charge in [0, 0.05) is 21.3 Å². The predicted octanol–water partition coefficient (Wildman–Crippen LogP) is 4.14. The highest BCUT2D eigenvalue weighted by atomic mass is 79.9. The molecule has 100 valence electrons. The van der Waals surface area contributed by atoms with Crippen LogP contribution in [-0.2, 0) is 6.42 Å². The first-order chi connectivity index (χ1) is 9.13. The molecule has 0 fully saturated rings. The maximum atomic E-state index is 13.8. The van der Waals surface area contributed by atoms with Crippen molar-refractivity contribution < 1.29 is 4.39 Å². The van der Waals surface area contributed by atoms with Crippen LogP contribution in [0.3, 0.4) is 0 Å². The number of likely N-dealkylation sites (N-methyl/N-ethyl adjacent to an activating group) is 1. The summed E-state index contributed by atoms with van der Waals surface area (Å²) in [5.74, 6) is -0.292. The summed E-state index contributed by atoms with van der Waals surface area (Å²) in [5, 5.41) is 3.58. The third-order valence-electron chi connectivity index (χ3n) is 2.94. The smallest absolute Gasteiger partial charge is 0.127 e. The molecule has 2 aromatic rings. The van der Waals surface area contributed by atoms with E-state index in [9.17, 15) is 4.39 Å². The quantitative estimate of drug-likeness (QED) is 0.902. The molecule has 19 heavy (non-hydrogen) atoms. The molecule has 0 aliphatic rings. The van der Waals surface area contributed by atoms with Crippen LogP contribution < -0.4 is 5.32 Å². The highest BCUT2D eigenvalue weighted by molar-refractivity contribution is 9.10. The minimum absolute atomic E-state index is 0.107. The van der Waals surface area contributed by atoms with Gasteiger partial charge in [0.1, 0.15) is 5.82 Å². The molecular weight excluding hydrogens is 331 g/mol. The Bertz CT molecular complexity index is 557. The first-order valence-electron chi connectivity index (χ1n) is 5.84. The van der Waals surface area contributed by atoms with Gasteiger partial charge in [-0.1, -0.05) is 17.7 Å². The van der Waals surface area contributed by atoms with Gasteiger partial charge in [0.15, 0.2) is 0 Å². The van der Waals surface area contributed by atoms with E-state index in [-0.39, 0.29) is 11.9 Å². The average Bonchev–Trinajstić information content (AvgIpc) is 2.40. The Morgan fingerprint density at radius 2 is 2.16 bits per heavy atom. The lowest BCUT2D eigenvalue weighted by Crippen LogP contribution is -2.21. The molecule has 1 heterocycles. The van der Waals surface area contributed by atoms with Crippen molar-refractivity contribution in [3.63, 3.8) is 0 Å². The zero-order valence-corrected chi connectivity index (χ0v) is 12.7. The van der Waals surface area contributed by atoms with Crippen molar-refractivity contribution >= 4 is 27.5 Å². The Morgan fingerprint density at radius 1 is 1.37 bits per heavy atom. The molecule has 0 radical (unpaired) electrons. The fraction of sp³-hybridized carbons (Fsp3) is 0.214. The standard InChI is InChI=1S/C14H13BrClFN2/c1-18-13(14-10(15)4-3-7-19-14)8-9-11(16)5-2-6-12(9)17/h2-7,13,18H,8H2,1H3. The lowest BCUT2D eigenvalue weighted by atomic mass is 10.0. The van der Waals surface area contributed by atoms with E-state index >= 15 is 0 Å². The topological polar surface area (TPSA) is 24.9 Å². The number of pyridine rings is 1. The van der Waals surface area contributed by atoms with Gasteiger partial charge >= 0.3 is 0 Å². The second-order valence-electron chi connectivity index (χ2n) is 4.12. The largest absolute Gasteiger partial charge is 0.311 e. The Labute approximate surface area is 125 Å². The maximum Gasteiger partial charge on any atom is 0.127 e. The second-order valence-corrected chi connectivity index (χ2v) is 5.38. The molecule has 1 atom stereocenters. The van der Waals surface area contributed by atoms with Gasteiger partial charge in [-0.25, -0.2) is 4.39 Å². The molecule has 0 aliphatic carbocycles. The van der Waals surface area contributed by atoms with Crippen LogP contribution in [0.1, 0.15) is 17.3 Å². The van der Waals surface area contributed by atoms with Crippen LogP contribution >= 0.6 is 27.5 Å². The number of nitrogens with zero attached hydrogens (tertiary/aromatic N) is 1. The maximum absolute atomic E-state index is 13.8. The van der Waals surface area contributed by atoms with Crippen LogP contribution in [0.25, 0.3) is 0 Å². The number of nitrogens with one attached hydrogen (secondary N) is 1. The van der Waals surface area contributed by atoms with Crippen molar-refractivity contribution in [2.75, 3.05) is 7.05 Å². The second kappa shape index (κ2) is 6.46. The molecule has 1 aromatic carbocycles. The van der Waals surface area contributed by atoms with Crippen molar-refractivity contribution in [3.05, 3.63) is 63.1 Å². The summed E-state index contributed by atoms with van der Waals surface area (Å²) in [6.45, 7) is 0. The highest BCUT2D eigenvalue weighted by Crippen LogP contribution is 2.28. The van der Waals surface area contributed by atoms with E-state index in [0.717, 1.165) is 10.2 Å². The van der Waals surface area contributed by atoms with E-state index in [1.54, 1.807) is 18.3 Å². The van der Waals surface area contributed by atoms with Gasteiger partial charge in [-0.3, -0.25) is 4.98 Å². The summed E-state index contributed by atoms with van der Waals surface area (Å²) < 4.78 is 14.7. The van der Waals surface area contributed by atoms with Gasteiger partial charge in [-0.05, 0) is 53.7 Å². The van der Waals surface area contributed by atoms with Crippen LogP contribution in [0.2, 0.25) is 5.02 Å². The Morgan fingerprint density at radius 3 is 2.79 bits per heavy atom. The Kier molecular flexibility index (Phi) is 4.91. The van der Waals surface area contributed by atoms with Gasteiger partial charge in [-0.2, -0.15) is 0 Å². The van der Waals surface area contributed by atoms with E-state index in [2.05, 4.69) is 26.2 Å². The van der Waals surface area contributed by atoms with Gasteiger partial charge in [-0.15, -0.1) is 0 Å². The molecule has 1 aromatic heterocycles. The molecule has 0 saturated carbocycles. The number of hydrogen-bond donors (Lipinski definition) is 1. The average molecular weight is 344 g/mol. The summed E-state index contributed by atoms with van der Waals surface area (Å²) in [7, 11) is 1.82. The molecule has 2 nitrogen and oxygen atoms in total. The normalized spacial score (nSPS) is 12.4. The predicted molar refractivity (Wildman–Crippen MR) is 78.9 cm³/mol. The van der Waals surface area contributed by atoms with Crippen molar-refractivity contribution in [1.82, 2.24) is 10.3 Å². The molecule has 0 aliphatic heterocycles.